The number of fused-ring (bicyclic) bond motifs is 1. The normalized spacial score (nSPS) is 13.0. The van der Waals surface area contributed by atoms with E-state index in [9.17, 15) is 13.2 Å². The number of hydrogen-bond acceptors (Lipinski definition) is 7. The molecule has 0 spiro atoms. The summed E-state index contributed by atoms with van der Waals surface area (Å²) in [6.07, 6.45) is 0.858. The number of carbonyl (C=O) groups is 1. The lowest BCUT2D eigenvalue weighted by atomic mass is 10.0. The van der Waals surface area contributed by atoms with Gasteiger partial charge in [-0.15, -0.1) is 0 Å². The summed E-state index contributed by atoms with van der Waals surface area (Å²) in [5, 5.41) is 4.01. The Hall–Kier alpha value is -3.08. The Morgan fingerprint density at radius 2 is 1.70 bits per heavy atom. The standard InChI is InChI=1S/C27H38N6O3S/c1-6-20-12-14-21(15-13-20)37(35,36)33(7-2)17-16-32(5)18-24-29-23-11-9-8-10-22(23)27(30-24)31-25(19(3)4)26(28)34/h8-15,19,25H,6-7,16-18H2,1-5H3,(H2,28,34)(H,29,30,31)/t25-/m0/s1. The van der Waals surface area contributed by atoms with E-state index < -0.39 is 22.0 Å². The third-order valence-corrected chi connectivity index (χ3v) is 8.37. The fourth-order valence-electron chi connectivity index (χ4n) is 4.12. The number of para-hydroxylation sites is 1. The maximum atomic E-state index is 13.2. The molecule has 0 bridgehead atoms. The summed E-state index contributed by atoms with van der Waals surface area (Å²) in [5.41, 5.74) is 7.47. The third kappa shape index (κ3) is 7.03. The fourth-order valence-corrected chi connectivity index (χ4v) is 5.56. The van der Waals surface area contributed by atoms with E-state index in [4.69, 9.17) is 15.7 Å². The Morgan fingerprint density at radius 1 is 1.03 bits per heavy atom. The van der Waals surface area contributed by atoms with Gasteiger partial charge in [-0.25, -0.2) is 18.4 Å². The minimum Gasteiger partial charge on any atom is -0.368 e. The van der Waals surface area contributed by atoms with Gasteiger partial charge in [0.15, 0.2) is 0 Å². The zero-order valence-corrected chi connectivity index (χ0v) is 23.1. The van der Waals surface area contributed by atoms with E-state index in [2.05, 4.69) is 5.32 Å². The number of benzene rings is 2. The highest BCUT2D eigenvalue weighted by atomic mass is 32.2. The number of amides is 1. The van der Waals surface area contributed by atoms with Gasteiger partial charge in [-0.3, -0.25) is 9.69 Å². The molecule has 0 saturated carbocycles. The number of aryl methyl sites for hydroxylation is 1. The number of aromatic nitrogens is 2. The van der Waals surface area contributed by atoms with Gasteiger partial charge in [-0.2, -0.15) is 4.31 Å². The lowest BCUT2D eigenvalue weighted by Crippen LogP contribution is -2.40. The number of nitrogens with one attached hydrogen (secondary N) is 1. The number of primary amides is 1. The van der Waals surface area contributed by atoms with E-state index in [1.54, 1.807) is 12.1 Å². The topological polar surface area (TPSA) is 122 Å². The first-order valence-electron chi connectivity index (χ1n) is 12.7. The van der Waals surface area contributed by atoms with Gasteiger partial charge in [0, 0.05) is 25.0 Å². The second-order valence-corrected chi connectivity index (χ2v) is 11.4. The summed E-state index contributed by atoms with van der Waals surface area (Å²) in [4.78, 5) is 23.7. The van der Waals surface area contributed by atoms with Gasteiger partial charge in [0.25, 0.3) is 0 Å². The van der Waals surface area contributed by atoms with Crippen LogP contribution in [0.5, 0.6) is 0 Å². The van der Waals surface area contributed by atoms with Crippen molar-refractivity contribution in [2.75, 3.05) is 32.0 Å². The second kappa shape index (κ2) is 12.4. The summed E-state index contributed by atoms with van der Waals surface area (Å²) < 4.78 is 27.8. The van der Waals surface area contributed by atoms with Gasteiger partial charge in [0.05, 0.1) is 17.0 Å². The molecule has 0 aliphatic heterocycles. The van der Waals surface area contributed by atoms with Crippen LogP contribution in [0.2, 0.25) is 0 Å². The highest BCUT2D eigenvalue weighted by Crippen LogP contribution is 2.23. The van der Waals surface area contributed by atoms with E-state index >= 15 is 0 Å². The molecule has 0 fully saturated rings. The molecule has 0 radical (unpaired) electrons. The molecule has 1 amide bonds. The molecule has 200 valence electrons. The summed E-state index contributed by atoms with van der Waals surface area (Å²) in [6, 6.07) is 14.1. The van der Waals surface area contributed by atoms with E-state index in [0.29, 0.717) is 42.7 Å². The van der Waals surface area contributed by atoms with Crippen LogP contribution < -0.4 is 11.1 Å². The number of sulfonamides is 1. The van der Waals surface area contributed by atoms with Crippen molar-refractivity contribution >= 4 is 32.7 Å². The molecular formula is C27H38N6O3S. The van der Waals surface area contributed by atoms with Crippen molar-refractivity contribution < 1.29 is 13.2 Å². The number of carbonyl (C=O) groups excluding carboxylic acids is 1. The molecular weight excluding hydrogens is 488 g/mol. The fraction of sp³-hybridized carbons (Fsp3) is 0.444. The van der Waals surface area contributed by atoms with Crippen molar-refractivity contribution in [2.45, 2.75) is 51.6 Å². The first kappa shape index (κ1) is 28.5. The molecule has 37 heavy (non-hydrogen) atoms. The molecule has 9 nitrogen and oxygen atoms in total. The highest BCUT2D eigenvalue weighted by Gasteiger charge is 2.24. The Kier molecular flexibility index (Phi) is 9.58. The Balaban J connectivity index is 1.75. The van der Waals surface area contributed by atoms with Crippen LogP contribution in [0.1, 0.15) is 39.1 Å². The average Bonchev–Trinajstić information content (AvgIpc) is 2.87. The van der Waals surface area contributed by atoms with Gasteiger partial charge >= 0.3 is 0 Å². The molecule has 10 heteroatoms. The zero-order chi connectivity index (χ0) is 27.2. The van der Waals surface area contributed by atoms with Crippen LogP contribution in [0, 0.1) is 5.92 Å². The van der Waals surface area contributed by atoms with Crippen LogP contribution in [0.25, 0.3) is 10.9 Å². The number of anilines is 1. The molecule has 1 atom stereocenters. The SMILES string of the molecule is CCc1ccc(S(=O)(=O)N(CC)CCN(C)Cc2nc(N[C@H](C(N)=O)C(C)C)c3ccccc3n2)cc1. The predicted molar refractivity (Wildman–Crippen MR) is 148 cm³/mol. The molecule has 3 rings (SSSR count). The van der Waals surface area contributed by atoms with E-state index in [1.165, 1.54) is 4.31 Å². The predicted octanol–water partition coefficient (Wildman–Crippen LogP) is 3.26. The second-order valence-electron chi connectivity index (χ2n) is 9.51. The van der Waals surface area contributed by atoms with Crippen molar-refractivity contribution in [2.24, 2.45) is 11.7 Å². The summed E-state index contributed by atoms with van der Waals surface area (Å²) in [7, 11) is -1.68. The molecule has 2 aromatic carbocycles. The molecule has 0 aliphatic carbocycles. The van der Waals surface area contributed by atoms with Gasteiger partial charge in [0.2, 0.25) is 15.9 Å². The zero-order valence-electron chi connectivity index (χ0n) is 22.3. The Morgan fingerprint density at radius 3 is 2.30 bits per heavy atom. The smallest absolute Gasteiger partial charge is 0.243 e. The van der Waals surface area contributed by atoms with Gasteiger partial charge in [-0.1, -0.05) is 52.0 Å². The average molecular weight is 527 g/mol. The molecule has 1 heterocycles. The van der Waals surface area contributed by atoms with Crippen LogP contribution >= 0.6 is 0 Å². The molecule has 0 saturated heterocycles. The molecule has 0 aliphatic rings. The first-order valence-corrected chi connectivity index (χ1v) is 14.1. The third-order valence-electron chi connectivity index (χ3n) is 6.38. The Bertz CT molecular complexity index is 1310. The number of nitrogens with two attached hydrogens (primary N) is 1. The molecule has 1 aromatic heterocycles. The monoisotopic (exact) mass is 526 g/mol. The minimum absolute atomic E-state index is 0.0162. The highest BCUT2D eigenvalue weighted by molar-refractivity contribution is 7.89. The number of nitrogens with zero attached hydrogens (tertiary/aromatic N) is 4. The quantitative estimate of drug-likeness (QED) is 0.351. The van der Waals surface area contributed by atoms with Gasteiger partial charge in [-0.05, 0) is 49.2 Å². The molecule has 0 unspecified atom stereocenters. The summed E-state index contributed by atoms with van der Waals surface area (Å²) in [5.74, 6) is 0.663. The van der Waals surface area contributed by atoms with Crippen LogP contribution in [-0.4, -0.2) is 66.2 Å². The lowest BCUT2D eigenvalue weighted by molar-refractivity contribution is -0.119. The van der Waals surface area contributed by atoms with Crippen LogP contribution in [0.3, 0.4) is 0 Å². The van der Waals surface area contributed by atoms with Gasteiger partial charge < -0.3 is 11.1 Å². The van der Waals surface area contributed by atoms with E-state index in [1.807, 2.05) is 76.0 Å². The largest absolute Gasteiger partial charge is 0.368 e. The maximum Gasteiger partial charge on any atom is 0.243 e. The van der Waals surface area contributed by atoms with E-state index in [0.717, 1.165) is 22.9 Å². The van der Waals surface area contributed by atoms with Crippen molar-refractivity contribution in [1.82, 2.24) is 19.2 Å². The number of hydrogen-bond donors (Lipinski definition) is 2. The lowest BCUT2D eigenvalue weighted by Gasteiger charge is -2.24. The number of rotatable bonds is 13. The minimum atomic E-state index is -3.59. The van der Waals surface area contributed by atoms with E-state index in [-0.39, 0.29) is 5.92 Å². The van der Waals surface area contributed by atoms with Crippen LogP contribution in [-0.2, 0) is 27.8 Å². The Labute approximate surface area is 220 Å². The maximum absolute atomic E-state index is 13.2. The van der Waals surface area contributed by atoms with Crippen molar-refractivity contribution in [3.05, 3.63) is 59.9 Å². The first-order chi connectivity index (χ1) is 17.6. The number of likely N-dealkylation sites (N-methyl/N-ethyl adjacent to an activating group) is 2. The van der Waals surface area contributed by atoms with Crippen LogP contribution in [0.4, 0.5) is 5.82 Å². The molecule has 3 N–H and O–H groups in total. The molecule has 3 aromatic rings. The van der Waals surface area contributed by atoms with Crippen molar-refractivity contribution in [3.8, 4) is 0 Å². The summed E-state index contributed by atoms with van der Waals surface area (Å²) in [6.45, 7) is 9.33. The van der Waals surface area contributed by atoms with Gasteiger partial charge in [0.1, 0.15) is 17.7 Å². The van der Waals surface area contributed by atoms with Crippen molar-refractivity contribution in [1.29, 1.82) is 0 Å². The van der Waals surface area contributed by atoms with Crippen molar-refractivity contribution in [3.63, 3.8) is 0 Å². The summed E-state index contributed by atoms with van der Waals surface area (Å²) >= 11 is 0. The van der Waals surface area contributed by atoms with Crippen LogP contribution in [0.15, 0.2) is 53.4 Å².